The van der Waals surface area contributed by atoms with Crippen LogP contribution in [0.4, 0.5) is 10.6 Å². The van der Waals surface area contributed by atoms with E-state index in [0.29, 0.717) is 19.0 Å². The second kappa shape index (κ2) is 9.41. The third-order valence-electron chi connectivity index (χ3n) is 6.35. The molecule has 2 heterocycles. The standard InChI is InChI=1S/C22H30ClN5O3S/c1-16-14-27(22(29)28-10-9-21(24-28)25-32(2,30)31)12-11-26(16)15-17-7-8-20(23)19(13-17)18-5-3-4-6-18/h7-10,13,16,18H,3-6,11-12,14-15H2,1-2H3,(H,24,25)/t16-/m1/s1. The topological polar surface area (TPSA) is 87.5 Å². The Kier molecular flexibility index (Phi) is 6.78. The lowest BCUT2D eigenvalue weighted by molar-refractivity contribution is 0.0920. The van der Waals surface area contributed by atoms with Gasteiger partial charge in [0, 0.05) is 49.5 Å². The van der Waals surface area contributed by atoms with Crippen LogP contribution in [0.5, 0.6) is 0 Å². The molecule has 1 atom stereocenters. The van der Waals surface area contributed by atoms with Crippen molar-refractivity contribution >= 4 is 33.5 Å². The molecule has 32 heavy (non-hydrogen) atoms. The van der Waals surface area contributed by atoms with Crippen LogP contribution in [0, 0.1) is 0 Å². The maximum absolute atomic E-state index is 12.8. The zero-order chi connectivity index (χ0) is 22.9. The highest BCUT2D eigenvalue weighted by atomic mass is 35.5. The zero-order valence-corrected chi connectivity index (χ0v) is 20.1. The van der Waals surface area contributed by atoms with E-state index in [1.165, 1.54) is 53.8 Å². The van der Waals surface area contributed by atoms with Crippen LogP contribution in [0.1, 0.15) is 49.7 Å². The second-order valence-electron chi connectivity index (χ2n) is 8.91. The van der Waals surface area contributed by atoms with Gasteiger partial charge in [0.2, 0.25) is 10.0 Å². The van der Waals surface area contributed by atoms with Crippen molar-refractivity contribution in [2.45, 2.75) is 51.1 Å². The minimum Gasteiger partial charge on any atom is -0.320 e. The highest BCUT2D eigenvalue weighted by molar-refractivity contribution is 7.92. The number of piperazine rings is 1. The lowest BCUT2D eigenvalue weighted by atomic mass is 9.95. The van der Waals surface area contributed by atoms with E-state index in [9.17, 15) is 13.2 Å². The zero-order valence-electron chi connectivity index (χ0n) is 18.5. The largest absolute Gasteiger partial charge is 0.344 e. The van der Waals surface area contributed by atoms with Gasteiger partial charge >= 0.3 is 6.03 Å². The number of carbonyl (C=O) groups is 1. The number of nitrogens with zero attached hydrogens (tertiary/aromatic N) is 4. The van der Waals surface area contributed by atoms with Crippen molar-refractivity contribution in [3.63, 3.8) is 0 Å². The molecule has 2 fully saturated rings. The van der Waals surface area contributed by atoms with Crippen LogP contribution < -0.4 is 4.72 Å². The molecule has 1 aliphatic heterocycles. The van der Waals surface area contributed by atoms with E-state index in [1.807, 2.05) is 6.07 Å². The number of sulfonamides is 1. The summed E-state index contributed by atoms with van der Waals surface area (Å²) in [5.74, 6) is 0.707. The van der Waals surface area contributed by atoms with Crippen LogP contribution in [0.2, 0.25) is 5.02 Å². The number of nitrogens with one attached hydrogen (secondary N) is 1. The van der Waals surface area contributed by atoms with Crippen molar-refractivity contribution < 1.29 is 13.2 Å². The van der Waals surface area contributed by atoms with Gasteiger partial charge in [-0.2, -0.15) is 4.68 Å². The summed E-state index contributed by atoms with van der Waals surface area (Å²) in [6.45, 7) is 4.86. The normalized spacial score (nSPS) is 20.6. The predicted molar refractivity (Wildman–Crippen MR) is 126 cm³/mol. The molecule has 1 N–H and O–H groups in total. The summed E-state index contributed by atoms with van der Waals surface area (Å²) in [6.07, 6.45) is 7.52. The van der Waals surface area contributed by atoms with Gasteiger partial charge in [-0.3, -0.25) is 9.62 Å². The van der Waals surface area contributed by atoms with Gasteiger partial charge in [-0.1, -0.05) is 36.6 Å². The molecule has 10 heteroatoms. The number of benzene rings is 1. The van der Waals surface area contributed by atoms with Crippen LogP contribution >= 0.6 is 11.6 Å². The van der Waals surface area contributed by atoms with Crippen LogP contribution in [-0.4, -0.2) is 66.0 Å². The molecule has 8 nitrogen and oxygen atoms in total. The number of halogens is 1. The lowest BCUT2D eigenvalue weighted by Crippen LogP contribution is -2.54. The van der Waals surface area contributed by atoms with Crippen molar-refractivity contribution in [2.24, 2.45) is 0 Å². The summed E-state index contributed by atoms with van der Waals surface area (Å²) < 4.78 is 26.2. The minimum absolute atomic E-state index is 0.133. The fraction of sp³-hybridized carbons (Fsp3) is 0.545. The number of amides is 1. The first-order chi connectivity index (χ1) is 15.2. The summed E-state index contributed by atoms with van der Waals surface area (Å²) >= 11 is 6.49. The molecule has 0 bridgehead atoms. The van der Waals surface area contributed by atoms with E-state index in [4.69, 9.17) is 11.6 Å². The summed E-state index contributed by atoms with van der Waals surface area (Å²) in [7, 11) is -3.44. The fourth-order valence-corrected chi connectivity index (χ4v) is 5.46. The minimum atomic E-state index is -3.44. The number of carbonyl (C=O) groups excluding carboxylic acids is 1. The first-order valence-corrected chi connectivity index (χ1v) is 13.3. The highest BCUT2D eigenvalue weighted by Gasteiger charge is 2.28. The van der Waals surface area contributed by atoms with E-state index in [0.717, 1.165) is 24.4 Å². The number of hydrogen-bond acceptors (Lipinski definition) is 5. The number of anilines is 1. The van der Waals surface area contributed by atoms with Gasteiger partial charge in [0.15, 0.2) is 5.82 Å². The highest BCUT2D eigenvalue weighted by Crippen LogP contribution is 2.38. The van der Waals surface area contributed by atoms with Gasteiger partial charge in [0.1, 0.15) is 0 Å². The Morgan fingerprint density at radius 2 is 1.97 bits per heavy atom. The van der Waals surface area contributed by atoms with Crippen LogP contribution in [0.3, 0.4) is 0 Å². The van der Waals surface area contributed by atoms with Crippen molar-refractivity contribution in [1.82, 2.24) is 19.6 Å². The van der Waals surface area contributed by atoms with Crippen LogP contribution in [0.25, 0.3) is 0 Å². The third kappa shape index (κ3) is 5.44. The van der Waals surface area contributed by atoms with E-state index < -0.39 is 10.0 Å². The summed E-state index contributed by atoms with van der Waals surface area (Å²) in [5.41, 5.74) is 2.53. The summed E-state index contributed by atoms with van der Waals surface area (Å²) in [4.78, 5) is 17.0. The number of hydrogen-bond donors (Lipinski definition) is 1. The quantitative estimate of drug-likeness (QED) is 0.705. The van der Waals surface area contributed by atoms with E-state index in [2.05, 4.69) is 33.8 Å². The number of aromatic nitrogens is 2. The maximum atomic E-state index is 12.8. The molecule has 2 aliphatic rings. The van der Waals surface area contributed by atoms with Crippen molar-refractivity contribution in [3.05, 3.63) is 46.6 Å². The number of rotatable bonds is 5. The smallest absolute Gasteiger partial charge is 0.320 e. The third-order valence-corrected chi connectivity index (χ3v) is 7.28. The Morgan fingerprint density at radius 1 is 1.22 bits per heavy atom. The van der Waals surface area contributed by atoms with Crippen LogP contribution in [0.15, 0.2) is 30.5 Å². The van der Waals surface area contributed by atoms with Gasteiger partial charge < -0.3 is 4.90 Å². The molecule has 4 rings (SSSR count). The molecule has 1 aliphatic carbocycles. The van der Waals surface area contributed by atoms with E-state index in [1.54, 1.807) is 4.90 Å². The van der Waals surface area contributed by atoms with E-state index >= 15 is 0 Å². The molecule has 1 amide bonds. The molecule has 2 aromatic rings. The molecule has 0 spiro atoms. The Morgan fingerprint density at radius 3 is 2.66 bits per heavy atom. The first-order valence-electron chi connectivity index (χ1n) is 11.0. The predicted octanol–water partition coefficient (Wildman–Crippen LogP) is 3.74. The Hall–Kier alpha value is -2.10. The molecule has 1 saturated carbocycles. The lowest BCUT2D eigenvalue weighted by Gasteiger charge is -2.39. The van der Waals surface area contributed by atoms with Gasteiger partial charge in [-0.05, 0) is 42.9 Å². The Bertz CT molecular complexity index is 1080. The summed E-state index contributed by atoms with van der Waals surface area (Å²) in [5, 5.41) is 4.92. The first kappa shape index (κ1) is 23.1. The molecule has 1 aromatic carbocycles. The molecule has 174 valence electrons. The van der Waals surface area contributed by atoms with Gasteiger partial charge in [0.05, 0.1) is 6.26 Å². The Balaban J connectivity index is 1.37. The monoisotopic (exact) mass is 479 g/mol. The average Bonchev–Trinajstić information content (AvgIpc) is 3.41. The van der Waals surface area contributed by atoms with Gasteiger partial charge in [-0.15, -0.1) is 5.10 Å². The average molecular weight is 480 g/mol. The maximum Gasteiger partial charge on any atom is 0.344 e. The van der Waals surface area contributed by atoms with Crippen molar-refractivity contribution in [3.8, 4) is 0 Å². The van der Waals surface area contributed by atoms with Crippen LogP contribution in [-0.2, 0) is 16.6 Å². The second-order valence-corrected chi connectivity index (χ2v) is 11.1. The molecule has 0 radical (unpaired) electrons. The van der Waals surface area contributed by atoms with Gasteiger partial charge in [-0.25, -0.2) is 13.2 Å². The molecular weight excluding hydrogens is 450 g/mol. The molecule has 0 unspecified atom stereocenters. The van der Waals surface area contributed by atoms with Gasteiger partial charge in [0.25, 0.3) is 0 Å². The molecular formula is C22H30ClN5O3S. The fourth-order valence-electron chi connectivity index (χ4n) is 4.70. The molecule has 1 aromatic heterocycles. The van der Waals surface area contributed by atoms with E-state index in [-0.39, 0.29) is 17.9 Å². The Labute approximate surface area is 194 Å². The van der Waals surface area contributed by atoms with Crippen molar-refractivity contribution in [2.75, 3.05) is 30.6 Å². The molecule has 1 saturated heterocycles. The summed E-state index contributed by atoms with van der Waals surface area (Å²) in [6, 6.07) is 7.79. The SMILES string of the molecule is C[C@@H]1CN(C(=O)n2ccc(NS(C)(=O)=O)n2)CCN1Cc1ccc(Cl)c(C2CCCC2)c1. The van der Waals surface area contributed by atoms with Crippen molar-refractivity contribution in [1.29, 1.82) is 0 Å².